The van der Waals surface area contributed by atoms with Crippen molar-refractivity contribution in [3.8, 4) is 0 Å². The van der Waals surface area contributed by atoms with E-state index in [0.29, 0.717) is 19.3 Å². The maximum Gasteiger partial charge on any atom is 0.249 e. The standard InChI is InChI=1S/C60H115NO10/c1-3-5-7-9-11-13-15-17-19-21-22-23-24-25-26-27-28-29-30-32-33-35-37-39-41-43-45-47-52(63)55(65)51(50-70-60-58(68)57(67)56(66)54(49-62)71-60)61-59(69)53(64)48-46-44-42-40-38-36-34-31-20-18-16-14-12-10-8-6-4-2/h32-33,39,41,51-58,60,62-68H,3-31,34-38,40,42-50H2,1-2H3,(H,61,69)/b33-32+,41-39+. The van der Waals surface area contributed by atoms with E-state index >= 15 is 0 Å². The molecule has 11 nitrogen and oxygen atoms in total. The molecule has 1 heterocycles. The molecule has 1 aliphatic heterocycles. The fraction of sp³-hybridized carbons (Fsp3) is 0.917. The Morgan fingerprint density at radius 3 is 1.25 bits per heavy atom. The molecule has 1 amide bonds. The minimum Gasteiger partial charge on any atom is -0.394 e. The molecule has 0 aromatic heterocycles. The van der Waals surface area contributed by atoms with E-state index in [9.17, 15) is 40.5 Å². The first-order chi connectivity index (χ1) is 34.7. The highest BCUT2D eigenvalue weighted by Gasteiger charge is 2.44. The molecule has 8 N–H and O–H groups in total. The van der Waals surface area contributed by atoms with E-state index in [4.69, 9.17) is 9.47 Å². The van der Waals surface area contributed by atoms with Gasteiger partial charge in [-0.3, -0.25) is 4.79 Å². The first-order valence-electron chi connectivity index (χ1n) is 30.2. The molecule has 0 aromatic carbocycles. The lowest BCUT2D eigenvalue weighted by atomic mass is 9.98. The van der Waals surface area contributed by atoms with Crippen LogP contribution in [-0.4, -0.2) is 110 Å². The first-order valence-corrected chi connectivity index (χ1v) is 30.2. The zero-order valence-corrected chi connectivity index (χ0v) is 46.0. The van der Waals surface area contributed by atoms with Gasteiger partial charge >= 0.3 is 0 Å². The molecule has 1 aliphatic rings. The maximum absolute atomic E-state index is 13.2. The van der Waals surface area contributed by atoms with Gasteiger partial charge in [0, 0.05) is 0 Å². The monoisotopic (exact) mass is 1010 g/mol. The van der Waals surface area contributed by atoms with E-state index in [1.807, 2.05) is 0 Å². The number of ether oxygens (including phenoxy) is 2. The van der Waals surface area contributed by atoms with E-state index < -0.39 is 74.2 Å². The van der Waals surface area contributed by atoms with Gasteiger partial charge < -0.3 is 50.5 Å². The highest BCUT2D eigenvalue weighted by Crippen LogP contribution is 2.23. The summed E-state index contributed by atoms with van der Waals surface area (Å²) in [6, 6.07) is -1.19. The average molecular weight is 1010 g/mol. The van der Waals surface area contributed by atoms with Gasteiger partial charge in [0.1, 0.15) is 36.6 Å². The van der Waals surface area contributed by atoms with E-state index in [-0.39, 0.29) is 12.8 Å². The number of carbonyl (C=O) groups is 1. The van der Waals surface area contributed by atoms with Gasteiger partial charge in [-0.2, -0.15) is 0 Å². The van der Waals surface area contributed by atoms with Crippen molar-refractivity contribution in [2.75, 3.05) is 13.2 Å². The van der Waals surface area contributed by atoms with Gasteiger partial charge in [-0.15, -0.1) is 0 Å². The number of allylic oxidation sites excluding steroid dienone is 4. The van der Waals surface area contributed by atoms with E-state index in [2.05, 4.69) is 43.5 Å². The van der Waals surface area contributed by atoms with Gasteiger partial charge in [-0.1, -0.05) is 256 Å². The van der Waals surface area contributed by atoms with Crippen LogP contribution in [0, 0.1) is 0 Å². The van der Waals surface area contributed by atoms with Crippen molar-refractivity contribution < 1.29 is 50.0 Å². The lowest BCUT2D eigenvalue weighted by molar-refractivity contribution is -0.303. The zero-order valence-electron chi connectivity index (χ0n) is 46.0. The van der Waals surface area contributed by atoms with Crippen LogP contribution in [0.25, 0.3) is 0 Å². The van der Waals surface area contributed by atoms with E-state index in [0.717, 1.165) is 38.5 Å². The normalized spacial score (nSPS) is 20.3. The number of unbranched alkanes of at least 4 members (excludes halogenated alkanes) is 36. The Morgan fingerprint density at radius 2 is 0.845 bits per heavy atom. The van der Waals surface area contributed by atoms with Crippen LogP contribution in [0.15, 0.2) is 24.3 Å². The molecule has 420 valence electrons. The average Bonchev–Trinajstić information content (AvgIpc) is 3.37. The van der Waals surface area contributed by atoms with Gasteiger partial charge in [0.25, 0.3) is 0 Å². The van der Waals surface area contributed by atoms with Crippen LogP contribution >= 0.6 is 0 Å². The van der Waals surface area contributed by atoms with Crippen molar-refractivity contribution in [3.63, 3.8) is 0 Å². The minimum atomic E-state index is -1.67. The van der Waals surface area contributed by atoms with Crippen LogP contribution in [0.2, 0.25) is 0 Å². The van der Waals surface area contributed by atoms with Crippen LogP contribution in [0.4, 0.5) is 0 Å². The predicted molar refractivity (Wildman–Crippen MR) is 293 cm³/mol. The molecule has 1 fully saturated rings. The third-order valence-electron chi connectivity index (χ3n) is 14.7. The number of hydrogen-bond donors (Lipinski definition) is 8. The summed E-state index contributed by atoms with van der Waals surface area (Å²) in [6.07, 6.45) is 48.2. The SMILES string of the molecule is CCCCCCCCCCCCCCCCCCCC/C=C/CC/C=C/CCCC(O)C(O)C(COC1OC(CO)C(O)C(O)C1O)NC(=O)C(O)CCCCCCCCCCCCCCCCCCC. The fourth-order valence-corrected chi connectivity index (χ4v) is 9.81. The molecule has 9 atom stereocenters. The smallest absolute Gasteiger partial charge is 0.249 e. The molecule has 1 rings (SSSR count). The number of carbonyl (C=O) groups excluding carboxylic acids is 1. The molecule has 0 aliphatic carbocycles. The summed E-state index contributed by atoms with van der Waals surface area (Å²) in [5, 5.41) is 76.1. The van der Waals surface area contributed by atoms with Crippen molar-refractivity contribution in [1.82, 2.24) is 5.32 Å². The van der Waals surface area contributed by atoms with Crippen LogP contribution in [0.5, 0.6) is 0 Å². The summed E-state index contributed by atoms with van der Waals surface area (Å²) in [4.78, 5) is 13.2. The van der Waals surface area contributed by atoms with Crippen LogP contribution < -0.4 is 5.32 Å². The Kier molecular flexibility index (Phi) is 47.1. The maximum atomic E-state index is 13.2. The van der Waals surface area contributed by atoms with Crippen LogP contribution in [0.1, 0.15) is 284 Å². The largest absolute Gasteiger partial charge is 0.394 e. The van der Waals surface area contributed by atoms with E-state index in [1.165, 1.54) is 199 Å². The van der Waals surface area contributed by atoms with Gasteiger partial charge in [0.05, 0.1) is 25.4 Å². The topological polar surface area (TPSA) is 189 Å². The van der Waals surface area contributed by atoms with Crippen molar-refractivity contribution in [1.29, 1.82) is 0 Å². The summed E-state index contributed by atoms with van der Waals surface area (Å²) in [7, 11) is 0. The second-order valence-electron chi connectivity index (χ2n) is 21.4. The molecule has 11 heteroatoms. The second kappa shape index (κ2) is 49.5. The summed E-state index contributed by atoms with van der Waals surface area (Å²) in [5.41, 5.74) is 0. The molecule has 0 saturated carbocycles. The van der Waals surface area contributed by atoms with Crippen molar-refractivity contribution in [2.24, 2.45) is 0 Å². The Balaban J connectivity index is 2.30. The quantitative estimate of drug-likeness (QED) is 0.0215. The number of aliphatic hydroxyl groups excluding tert-OH is 7. The summed E-state index contributed by atoms with van der Waals surface area (Å²) in [6.45, 7) is 3.47. The van der Waals surface area contributed by atoms with Crippen molar-refractivity contribution in [2.45, 2.75) is 339 Å². The molecule has 9 unspecified atom stereocenters. The van der Waals surface area contributed by atoms with Gasteiger partial charge in [0.15, 0.2) is 6.29 Å². The molecule has 0 aromatic rings. The predicted octanol–water partition coefficient (Wildman–Crippen LogP) is 12.9. The third-order valence-corrected chi connectivity index (χ3v) is 14.7. The van der Waals surface area contributed by atoms with Crippen LogP contribution in [-0.2, 0) is 14.3 Å². The first kappa shape index (κ1) is 67.6. The zero-order chi connectivity index (χ0) is 51.8. The highest BCUT2D eigenvalue weighted by atomic mass is 16.7. The van der Waals surface area contributed by atoms with Crippen LogP contribution in [0.3, 0.4) is 0 Å². The number of nitrogens with one attached hydrogen (secondary N) is 1. The third kappa shape index (κ3) is 37.9. The fourth-order valence-electron chi connectivity index (χ4n) is 9.81. The number of hydrogen-bond acceptors (Lipinski definition) is 10. The molecular weight excluding hydrogens is 895 g/mol. The summed E-state index contributed by atoms with van der Waals surface area (Å²) >= 11 is 0. The van der Waals surface area contributed by atoms with Crippen molar-refractivity contribution in [3.05, 3.63) is 24.3 Å². The second-order valence-corrected chi connectivity index (χ2v) is 21.4. The molecule has 0 bridgehead atoms. The Bertz CT molecular complexity index is 1200. The Labute approximate surface area is 435 Å². The number of amides is 1. The van der Waals surface area contributed by atoms with Gasteiger partial charge in [-0.25, -0.2) is 0 Å². The molecule has 71 heavy (non-hydrogen) atoms. The molecular formula is C60H115NO10. The lowest BCUT2D eigenvalue weighted by Crippen LogP contribution is -2.60. The molecule has 0 spiro atoms. The molecule has 0 radical (unpaired) electrons. The molecule has 1 saturated heterocycles. The summed E-state index contributed by atoms with van der Waals surface area (Å²) in [5.74, 6) is -0.706. The number of rotatable bonds is 52. The van der Waals surface area contributed by atoms with Gasteiger partial charge in [-0.05, 0) is 51.4 Å². The minimum absolute atomic E-state index is 0.249. The van der Waals surface area contributed by atoms with Crippen molar-refractivity contribution >= 4 is 5.91 Å². The Hall–Kier alpha value is -1.41. The number of aliphatic hydroxyl groups is 7. The van der Waals surface area contributed by atoms with E-state index in [1.54, 1.807) is 0 Å². The Morgan fingerprint density at radius 1 is 0.479 bits per heavy atom. The summed E-state index contributed by atoms with van der Waals surface area (Å²) < 4.78 is 11.1. The highest BCUT2D eigenvalue weighted by molar-refractivity contribution is 5.80. The lowest BCUT2D eigenvalue weighted by Gasteiger charge is -2.40. The van der Waals surface area contributed by atoms with Gasteiger partial charge in [0.2, 0.25) is 5.91 Å².